The van der Waals surface area contributed by atoms with Gasteiger partial charge < -0.3 is 48.8 Å². The van der Waals surface area contributed by atoms with Crippen LogP contribution in [0.15, 0.2) is 89.8 Å². The van der Waals surface area contributed by atoms with Crippen molar-refractivity contribution in [1.82, 2.24) is 44.9 Å². The predicted molar refractivity (Wildman–Crippen MR) is 273 cm³/mol. The Kier molecular flexibility index (Phi) is 18.2. The van der Waals surface area contributed by atoms with Crippen molar-refractivity contribution in [3.63, 3.8) is 0 Å². The number of hydrogen-bond acceptors (Lipinski definition) is 11. The molecule has 1 saturated heterocycles. The molecular formula is C53H65Cl2N9O8. The molecule has 0 unspecified atom stereocenters. The van der Waals surface area contributed by atoms with Crippen LogP contribution in [-0.2, 0) is 61.7 Å². The van der Waals surface area contributed by atoms with Crippen LogP contribution in [0, 0.1) is 5.92 Å². The van der Waals surface area contributed by atoms with Crippen molar-refractivity contribution in [2.75, 3.05) is 41.9 Å². The van der Waals surface area contributed by atoms with Crippen molar-refractivity contribution in [1.29, 1.82) is 0 Å². The summed E-state index contributed by atoms with van der Waals surface area (Å²) >= 11 is 12.8. The summed E-state index contributed by atoms with van der Waals surface area (Å²) in [4.78, 5) is 84.6. The van der Waals surface area contributed by atoms with E-state index in [1.54, 1.807) is 62.3 Å². The zero-order valence-electron chi connectivity index (χ0n) is 42.0. The van der Waals surface area contributed by atoms with E-state index in [0.29, 0.717) is 58.6 Å². The van der Waals surface area contributed by atoms with E-state index in [1.807, 2.05) is 68.3 Å². The Labute approximate surface area is 431 Å². The molecule has 1 saturated carbocycles. The second kappa shape index (κ2) is 24.4. The largest absolute Gasteiger partial charge is 0.457 e. The molecule has 6 atom stereocenters. The minimum absolute atomic E-state index is 0.0633. The van der Waals surface area contributed by atoms with Gasteiger partial charge in [0.25, 0.3) is 0 Å². The van der Waals surface area contributed by atoms with Gasteiger partial charge in [-0.25, -0.2) is 4.98 Å². The van der Waals surface area contributed by atoms with Crippen LogP contribution in [-0.4, -0.2) is 136 Å². The number of hydrogen-bond donors (Lipinski definition) is 2. The van der Waals surface area contributed by atoms with Crippen molar-refractivity contribution < 1.29 is 38.0 Å². The van der Waals surface area contributed by atoms with Crippen molar-refractivity contribution in [2.24, 2.45) is 13.0 Å². The molecule has 2 aromatic heterocycles. The van der Waals surface area contributed by atoms with E-state index >= 15 is 4.79 Å². The molecule has 7 rings (SSSR count). The Bertz CT molecular complexity index is 2660. The van der Waals surface area contributed by atoms with Gasteiger partial charge in [-0.05, 0) is 94.4 Å². The van der Waals surface area contributed by atoms with Gasteiger partial charge in [0.2, 0.25) is 29.5 Å². The SMILES string of the molecule is COC[C@@H]1NC(=O)[C@H](C)N(Cc2ccc(Cl)cc2Oc2ccc(-c3cnc(CN(C)C)n3C)cc2)C(=O)C[C@@H](Cc2ccon2)C(=O)N(C)[C@H]2CCCC[C@@H]2NC(=O)C[C@H](Cc2ccc(Cl)cc2)N(C)C1=O. The predicted octanol–water partition coefficient (Wildman–Crippen LogP) is 6.69. The van der Waals surface area contributed by atoms with Crippen molar-refractivity contribution in [3.05, 3.63) is 118 Å². The lowest BCUT2D eigenvalue weighted by Gasteiger charge is -2.40. The monoisotopic (exact) mass is 1030 g/mol. The van der Waals surface area contributed by atoms with Gasteiger partial charge in [-0.1, -0.05) is 59.4 Å². The van der Waals surface area contributed by atoms with Gasteiger partial charge >= 0.3 is 0 Å². The van der Waals surface area contributed by atoms with E-state index in [0.717, 1.165) is 35.5 Å². The molecule has 1 aliphatic carbocycles. The number of carbonyl (C=O) groups excluding carboxylic acids is 5. The van der Waals surface area contributed by atoms with E-state index in [4.69, 9.17) is 37.2 Å². The maximum atomic E-state index is 15.1. The lowest BCUT2D eigenvalue weighted by molar-refractivity contribution is -0.147. The van der Waals surface area contributed by atoms with E-state index < -0.39 is 53.8 Å². The first-order valence-electron chi connectivity index (χ1n) is 24.3. The first-order valence-corrected chi connectivity index (χ1v) is 25.0. The van der Waals surface area contributed by atoms with Crippen LogP contribution in [0.3, 0.4) is 0 Å². The van der Waals surface area contributed by atoms with Gasteiger partial charge in [0, 0.05) is 86.8 Å². The normalized spacial score (nSPS) is 22.1. The van der Waals surface area contributed by atoms with E-state index in [-0.39, 0.29) is 44.2 Å². The highest BCUT2D eigenvalue weighted by Crippen LogP contribution is 2.33. The van der Waals surface area contributed by atoms with Crippen LogP contribution in [0.1, 0.15) is 68.1 Å². The Morgan fingerprint density at radius 2 is 1.56 bits per heavy atom. The number of halogens is 2. The quantitative estimate of drug-likeness (QED) is 0.128. The average molecular weight is 1030 g/mol. The molecule has 17 nitrogen and oxygen atoms in total. The molecule has 3 aromatic carbocycles. The third-order valence-electron chi connectivity index (χ3n) is 13.7. The molecule has 2 N–H and O–H groups in total. The fraction of sp³-hybridized carbons (Fsp3) is 0.453. The van der Waals surface area contributed by atoms with Crippen LogP contribution >= 0.6 is 23.2 Å². The summed E-state index contributed by atoms with van der Waals surface area (Å²) < 4.78 is 19.2. The molecule has 0 bridgehead atoms. The minimum atomic E-state index is -1.21. The molecule has 0 radical (unpaired) electrons. The lowest BCUT2D eigenvalue weighted by Crippen LogP contribution is -2.58. The van der Waals surface area contributed by atoms with Crippen LogP contribution in [0.5, 0.6) is 11.5 Å². The number of nitrogens with one attached hydrogen (secondary N) is 2. The minimum Gasteiger partial charge on any atom is -0.457 e. The molecule has 3 heterocycles. The average Bonchev–Trinajstić information content (AvgIpc) is 4.01. The van der Waals surface area contributed by atoms with Crippen molar-refractivity contribution in [3.8, 4) is 22.8 Å². The summed E-state index contributed by atoms with van der Waals surface area (Å²) in [5.74, 6) is -1.47. The molecule has 72 heavy (non-hydrogen) atoms. The van der Waals surface area contributed by atoms with Gasteiger partial charge in [-0.15, -0.1) is 0 Å². The topological polar surface area (TPSA) is 185 Å². The number of benzene rings is 3. The van der Waals surface area contributed by atoms with Gasteiger partial charge in [-0.2, -0.15) is 0 Å². The molecular weight excluding hydrogens is 962 g/mol. The third kappa shape index (κ3) is 13.4. The number of aromatic nitrogens is 3. The van der Waals surface area contributed by atoms with Gasteiger partial charge in [-0.3, -0.25) is 24.0 Å². The highest BCUT2D eigenvalue weighted by atomic mass is 35.5. The van der Waals surface area contributed by atoms with Crippen LogP contribution in [0.2, 0.25) is 10.0 Å². The molecule has 1 aliphatic heterocycles. The number of carbonyl (C=O) groups is 5. The second-order valence-corrected chi connectivity index (χ2v) is 20.0. The second-order valence-electron chi connectivity index (χ2n) is 19.2. The van der Waals surface area contributed by atoms with E-state index in [9.17, 15) is 19.2 Å². The number of amides is 5. The fourth-order valence-corrected chi connectivity index (χ4v) is 9.92. The zero-order chi connectivity index (χ0) is 51.6. The Hall–Kier alpha value is -6.27. The van der Waals surface area contributed by atoms with Crippen molar-refractivity contribution >= 4 is 52.7 Å². The lowest BCUT2D eigenvalue weighted by atomic mass is 9.87. The molecule has 0 spiro atoms. The molecule has 5 amide bonds. The van der Waals surface area contributed by atoms with E-state index in [1.165, 1.54) is 23.2 Å². The molecule has 384 valence electrons. The highest BCUT2D eigenvalue weighted by Gasteiger charge is 2.39. The Balaban J connectivity index is 1.24. The van der Waals surface area contributed by atoms with Crippen LogP contribution in [0.25, 0.3) is 11.3 Å². The van der Waals surface area contributed by atoms with E-state index in [2.05, 4.69) is 25.7 Å². The number of methoxy groups -OCH3 is 1. The van der Waals surface area contributed by atoms with Gasteiger partial charge in [0.05, 0.1) is 49.2 Å². The summed E-state index contributed by atoms with van der Waals surface area (Å²) in [6, 6.07) is 17.6. The fourth-order valence-electron chi connectivity index (χ4n) is 9.63. The highest BCUT2D eigenvalue weighted by molar-refractivity contribution is 6.31. The standard InChI is InChI=1S/C53H65Cl2N9O8/c1-33-51(67)58-44(32-70-7)53(69)61(4)41(24-34-12-17-38(54)18-13-34)28-49(65)57-43-10-8-9-11-45(43)63(6)52(68)37(25-40-22-23-71-59-40)26-50(66)64(33)30-36-14-19-39(55)27-47(36)72-42-20-15-35(16-21-42)46-29-56-48(62(46)5)31-60(2)3/h12-23,27,29,33,37,41,43-45H,8-11,24-26,28,30-32H2,1-7H3,(H,57,65)(H,58,67)/t33-,37+,41-,43-,44-,45-/m0/s1. The Morgan fingerprint density at radius 3 is 2.25 bits per heavy atom. The van der Waals surface area contributed by atoms with Gasteiger partial charge in [0.15, 0.2) is 0 Å². The molecule has 19 heteroatoms. The first kappa shape index (κ1) is 53.5. The third-order valence-corrected chi connectivity index (χ3v) is 14.2. The van der Waals surface area contributed by atoms with Crippen LogP contribution in [0.4, 0.5) is 0 Å². The summed E-state index contributed by atoms with van der Waals surface area (Å²) in [6.07, 6.45) is 6.14. The molecule has 2 aliphatic rings. The first-order chi connectivity index (χ1) is 34.5. The maximum absolute atomic E-state index is 15.1. The number of nitrogens with zero attached hydrogens (tertiary/aromatic N) is 7. The summed E-state index contributed by atoms with van der Waals surface area (Å²) in [5.41, 5.74) is 3.69. The smallest absolute Gasteiger partial charge is 0.247 e. The zero-order valence-corrected chi connectivity index (χ0v) is 43.5. The van der Waals surface area contributed by atoms with Gasteiger partial charge in [0.1, 0.15) is 35.7 Å². The number of rotatable bonds is 13. The Morgan fingerprint density at radius 1 is 0.833 bits per heavy atom. The molecule has 2 fully saturated rings. The summed E-state index contributed by atoms with van der Waals surface area (Å²) in [6.45, 7) is 1.90. The van der Waals surface area contributed by atoms with Crippen molar-refractivity contribution in [2.45, 2.75) is 102 Å². The number of likely N-dealkylation sites (N-methyl/N-ethyl adjacent to an activating group) is 2. The summed E-state index contributed by atoms with van der Waals surface area (Å²) in [5, 5.41) is 11.1. The number of fused-ring (bicyclic) bond motifs is 1. The maximum Gasteiger partial charge on any atom is 0.247 e. The number of imidazole rings is 1. The van der Waals surface area contributed by atoms with Crippen LogP contribution < -0.4 is 15.4 Å². The molecule has 5 aromatic rings. The summed E-state index contributed by atoms with van der Waals surface area (Å²) in [7, 11) is 10.7. The number of ether oxygens (including phenoxy) is 2.